The van der Waals surface area contributed by atoms with Crippen molar-refractivity contribution in [3.63, 3.8) is 0 Å². The molecule has 0 amide bonds. The molecular formula is C11H14BrN5O. The van der Waals surface area contributed by atoms with E-state index < -0.39 is 5.60 Å². The molecule has 2 rings (SSSR count). The average Bonchev–Trinajstić information content (AvgIpc) is 2.76. The molecule has 2 N–H and O–H groups in total. The number of halogens is 1. The van der Waals surface area contributed by atoms with Crippen LogP contribution in [0.4, 0.5) is 5.95 Å². The van der Waals surface area contributed by atoms with Crippen LogP contribution < -0.4 is 5.32 Å². The summed E-state index contributed by atoms with van der Waals surface area (Å²) in [5, 5.41) is 17.4. The Morgan fingerprint density at radius 2 is 2.06 bits per heavy atom. The highest BCUT2D eigenvalue weighted by Crippen LogP contribution is 2.19. The van der Waals surface area contributed by atoms with Crippen molar-refractivity contribution in [2.45, 2.75) is 12.5 Å². The van der Waals surface area contributed by atoms with E-state index in [1.165, 1.54) is 0 Å². The zero-order valence-electron chi connectivity index (χ0n) is 10.1. The minimum atomic E-state index is -1.02. The molecule has 0 saturated carbocycles. The minimum absolute atomic E-state index is 0.306. The first kappa shape index (κ1) is 13.0. The predicted octanol–water partition coefficient (Wildman–Crippen LogP) is 1.29. The van der Waals surface area contributed by atoms with E-state index in [1.807, 2.05) is 7.05 Å². The van der Waals surface area contributed by atoms with Crippen LogP contribution in [0.3, 0.4) is 0 Å². The summed E-state index contributed by atoms with van der Waals surface area (Å²) in [5.41, 5.74) is -0.278. The number of nitrogens with zero attached hydrogens (tertiary/aromatic N) is 4. The van der Waals surface area contributed by atoms with Crippen LogP contribution in [0.15, 0.2) is 29.3 Å². The summed E-state index contributed by atoms with van der Waals surface area (Å²) in [6.45, 7) is 2.02. The second kappa shape index (κ2) is 5.03. The van der Waals surface area contributed by atoms with Gasteiger partial charge in [-0.15, -0.1) is 0 Å². The Kier molecular flexibility index (Phi) is 3.63. The van der Waals surface area contributed by atoms with Crippen LogP contribution in [0, 0.1) is 0 Å². The summed E-state index contributed by atoms with van der Waals surface area (Å²) in [6, 6.07) is 0. The van der Waals surface area contributed by atoms with E-state index in [4.69, 9.17) is 0 Å². The number of nitrogens with one attached hydrogen (secondary N) is 1. The van der Waals surface area contributed by atoms with Crippen molar-refractivity contribution in [2.24, 2.45) is 7.05 Å². The normalized spacial score (nSPS) is 14.2. The first-order chi connectivity index (χ1) is 8.47. The first-order valence-electron chi connectivity index (χ1n) is 5.40. The molecule has 0 unspecified atom stereocenters. The van der Waals surface area contributed by atoms with E-state index in [0.717, 1.165) is 10.0 Å². The van der Waals surface area contributed by atoms with Gasteiger partial charge in [0.05, 0.1) is 17.2 Å². The molecule has 0 radical (unpaired) electrons. The van der Waals surface area contributed by atoms with Crippen LogP contribution in [0.5, 0.6) is 0 Å². The largest absolute Gasteiger partial charge is 0.383 e. The van der Waals surface area contributed by atoms with E-state index in [1.54, 1.807) is 36.4 Å². The number of hydrogen-bond donors (Lipinski definition) is 2. The van der Waals surface area contributed by atoms with Crippen molar-refractivity contribution >= 4 is 21.9 Å². The highest BCUT2D eigenvalue weighted by atomic mass is 79.9. The van der Waals surface area contributed by atoms with Crippen LogP contribution >= 0.6 is 15.9 Å². The summed E-state index contributed by atoms with van der Waals surface area (Å²) >= 11 is 3.26. The standard InChI is InChI=1S/C11H14BrN5O/c1-11(18,8-3-16-17(2)6-8)7-15-10-13-4-9(12)5-14-10/h3-6,18H,7H2,1-2H3,(H,13,14,15)/t11-/m0/s1. The van der Waals surface area contributed by atoms with Gasteiger partial charge in [-0.2, -0.15) is 5.10 Å². The first-order valence-corrected chi connectivity index (χ1v) is 6.19. The van der Waals surface area contributed by atoms with Crippen molar-refractivity contribution in [3.8, 4) is 0 Å². The second-order valence-electron chi connectivity index (χ2n) is 4.25. The Hall–Kier alpha value is -1.47. The SMILES string of the molecule is Cn1cc([C@@](C)(O)CNc2ncc(Br)cn2)cn1. The number of aryl methyl sites for hydroxylation is 1. The maximum Gasteiger partial charge on any atom is 0.222 e. The fourth-order valence-corrected chi connectivity index (χ4v) is 1.66. The number of hydrogen-bond acceptors (Lipinski definition) is 5. The van der Waals surface area contributed by atoms with E-state index in [9.17, 15) is 5.11 Å². The minimum Gasteiger partial charge on any atom is -0.383 e. The molecule has 0 aliphatic heterocycles. The van der Waals surface area contributed by atoms with Gasteiger partial charge >= 0.3 is 0 Å². The molecule has 6 nitrogen and oxygen atoms in total. The maximum atomic E-state index is 10.3. The molecule has 0 aliphatic rings. The quantitative estimate of drug-likeness (QED) is 0.890. The molecule has 0 aromatic carbocycles. The van der Waals surface area contributed by atoms with Crippen LogP contribution in [-0.2, 0) is 12.6 Å². The van der Waals surface area contributed by atoms with Crippen LogP contribution in [0.25, 0.3) is 0 Å². The number of rotatable bonds is 4. The van der Waals surface area contributed by atoms with Crippen molar-refractivity contribution < 1.29 is 5.11 Å². The Balaban J connectivity index is 2.02. The molecule has 1 atom stereocenters. The number of aliphatic hydroxyl groups is 1. The third-order valence-electron chi connectivity index (χ3n) is 2.54. The molecule has 2 heterocycles. The van der Waals surface area contributed by atoms with Gasteiger partial charge in [-0.1, -0.05) is 0 Å². The lowest BCUT2D eigenvalue weighted by Gasteiger charge is -2.22. The molecule has 0 saturated heterocycles. The van der Waals surface area contributed by atoms with Gasteiger partial charge in [0.15, 0.2) is 0 Å². The fraction of sp³-hybridized carbons (Fsp3) is 0.364. The van der Waals surface area contributed by atoms with Gasteiger partial charge in [0.1, 0.15) is 5.60 Å². The van der Waals surface area contributed by atoms with Gasteiger partial charge in [-0.25, -0.2) is 9.97 Å². The molecule has 0 bridgehead atoms. The monoisotopic (exact) mass is 311 g/mol. The summed E-state index contributed by atoms with van der Waals surface area (Å²) in [6.07, 6.45) is 6.72. The van der Waals surface area contributed by atoms with Crippen molar-refractivity contribution in [1.29, 1.82) is 0 Å². The molecule has 7 heteroatoms. The highest BCUT2D eigenvalue weighted by molar-refractivity contribution is 9.10. The van der Waals surface area contributed by atoms with E-state index >= 15 is 0 Å². The van der Waals surface area contributed by atoms with Gasteiger partial charge in [0.2, 0.25) is 5.95 Å². The van der Waals surface area contributed by atoms with E-state index in [0.29, 0.717) is 12.5 Å². The van der Waals surface area contributed by atoms with Crippen molar-refractivity contribution in [1.82, 2.24) is 19.7 Å². The van der Waals surface area contributed by atoms with Crippen LogP contribution in [0.2, 0.25) is 0 Å². The lowest BCUT2D eigenvalue weighted by atomic mass is 10.00. The number of anilines is 1. The topological polar surface area (TPSA) is 75.9 Å². The van der Waals surface area contributed by atoms with Gasteiger partial charge in [-0.3, -0.25) is 4.68 Å². The Morgan fingerprint density at radius 3 is 2.61 bits per heavy atom. The second-order valence-corrected chi connectivity index (χ2v) is 5.17. The summed E-state index contributed by atoms with van der Waals surface area (Å²) in [7, 11) is 1.81. The van der Waals surface area contributed by atoms with Gasteiger partial charge in [0.25, 0.3) is 0 Å². The van der Waals surface area contributed by atoms with Gasteiger partial charge < -0.3 is 10.4 Å². The zero-order valence-corrected chi connectivity index (χ0v) is 11.7. The smallest absolute Gasteiger partial charge is 0.222 e. The lowest BCUT2D eigenvalue weighted by molar-refractivity contribution is 0.0712. The molecule has 18 heavy (non-hydrogen) atoms. The van der Waals surface area contributed by atoms with Gasteiger partial charge in [0, 0.05) is 31.2 Å². The highest BCUT2D eigenvalue weighted by Gasteiger charge is 2.24. The average molecular weight is 312 g/mol. The molecule has 2 aromatic rings. The summed E-state index contributed by atoms with van der Waals surface area (Å²) < 4.78 is 2.46. The van der Waals surface area contributed by atoms with E-state index in [2.05, 4.69) is 36.3 Å². The van der Waals surface area contributed by atoms with Crippen LogP contribution in [0.1, 0.15) is 12.5 Å². The Bertz CT molecular complexity index is 522. The molecule has 0 spiro atoms. The molecule has 0 fully saturated rings. The van der Waals surface area contributed by atoms with E-state index in [-0.39, 0.29) is 0 Å². The third kappa shape index (κ3) is 3.05. The Morgan fingerprint density at radius 1 is 1.39 bits per heavy atom. The molecule has 0 aliphatic carbocycles. The van der Waals surface area contributed by atoms with Crippen molar-refractivity contribution in [2.75, 3.05) is 11.9 Å². The zero-order chi connectivity index (χ0) is 13.2. The van der Waals surface area contributed by atoms with Crippen molar-refractivity contribution in [3.05, 3.63) is 34.8 Å². The third-order valence-corrected chi connectivity index (χ3v) is 2.95. The maximum absolute atomic E-state index is 10.3. The fourth-order valence-electron chi connectivity index (χ4n) is 1.46. The Labute approximate surface area is 113 Å². The van der Waals surface area contributed by atoms with Crippen LogP contribution in [-0.4, -0.2) is 31.4 Å². The molecular weight excluding hydrogens is 298 g/mol. The van der Waals surface area contributed by atoms with Gasteiger partial charge in [-0.05, 0) is 22.9 Å². The predicted molar refractivity (Wildman–Crippen MR) is 71.0 cm³/mol. The summed E-state index contributed by atoms with van der Waals surface area (Å²) in [4.78, 5) is 8.16. The molecule has 96 valence electrons. The molecule has 2 aromatic heterocycles. The summed E-state index contributed by atoms with van der Waals surface area (Å²) in [5.74, 6) is 0.474. The lowest BCUT2D eigenvalue weighted by Crippen LogP contribution is -2.30. The number of aromatic nitrogens is 4.